The Labute approximate surface area is 86.2 Å². The van der Waals surface area contributed by atoms with Gasteiger partial charge in [0.05, 0.1) is 0 Å². The first kappa shape index (κ1) is 11.3. The SMILES string of the molecule is CCN(CC1CCCN1)C(=O)N(C)C. The fourth-order valence-corrected chi connectivity index (χ4v) is 1.80. The maximum Gasteiger partial charge on any atom is 0.319 e. The number of rotatable bonds is 3. The highest BCUT2D eigenvalue weighted by Gasteiger charge is 2.20. The Kier molecular flexibility index (Phi) is 4.20. The van der Waals surface area contributed by atoms with E-state index in [1.54, 1.807) is 19.0 Å². The van der Waals surface area contributed by atoms with Gasteiger partial charge in [0.2, 0.25) is 0 Å². The second kappa shape index (κ2) is 5.20. The summed E-state index contributed by atoms with van der Waals surface area (Å²) in [5.41, 5.74) is 0. The van der Waals surface area contributed by atoms with Crippen LogP contribution < -0.4 is 5.32 Å². The van der Waals surface area contributed by atoms with E-state index in [4.69, 9.17) is 0 Å². The molecular weight excluding hydrogens is 178 g/mol. The van der Waals surface area contributed by atoms with Crippen LogP contribution in [0.15, 0.2) is 0 Å². The molecule has 14 heavy (non-hydrogen) atoms. The molecule has 1 atom stereocenters. The molecule has 1 rings (SSSR count). The number of hydrogen-bond acceptors (Lipinski definition) is 2. The maximum atomic E-state index is 11.7. The lowest BCUT2D eigenvalue weighted by Gasteiger charge is -2.27. The molecule has 0 aromatic carbocycles. The summed E-state index contributed by atoms with van der Waals surface area (Å²) >= 11 is 0. The number of hydrogen-bond donors (Lipinski definition) is 1. The maximum absolute atomic E-state index is 11.7. The third kappa shape index (κ3) is 2.87. The predicted molar refractivity (Wildman–Crippen MR) is 57.4 cm³/mol. The van der Waals surface area contributed by atoms with E-state index in [0.717, 1.165) is 19.6 Å². The van der Waals surface area contributed by atoms with Gasteiger partial charge in [0.25, 0.3) is 0 Å². The zero-order valence-corrected chi connectivity index (χ0v) is 9.42. The summed E-state index contributed by atoms with van der Waals surface area (Å²) in [4.78, 5) is 15.2. The summed E-state index contributed by atoms with van der Waals surface area (Å²) in [5, 5.41) is 3.40. The average Bonchev–Trinajstić information content (AvgIpc) is 2.65. The normalized spacial score (nSPS) is 20.9. The van der Waals surface area contributed by atoms with Gasteiger partial charge in [-0.05, 0) is 26.3 Å². The van der Waals surface area contributed by atoms with Gasteiger partial charge in [-0.3, -0.25) is 0 Å². The van der Waals surface area contributed by atoms with E-state index < -0.39 is 0 Å². The van der Waals surface area contributed by atoms with E-state index in [0.29, 0.717) is 6.04 Å². The van der Waals surface area contributed by atoms with Gasteiger partial charge >= 0.3 is 6.03 Å². The smallest absolute Gasteiger partial charge is 0.319 e. The van der Waals surface area contributed by atoms with Crippen molar-refractivity contribution in [1.82, 2.24) is 15.1 Å². The number of nitrogens with one attached hydrogen (secondary N) is 1. The number of amides is 2. The van der Waals surface area contributed by atoms with Crippen molar-refractivity contribution >= 4 is 6.03 Å². The Bertz CT molecular complexity index is 188. The molecule has 0 spiro atoms. The van der Waals surface area contributed by atoms with Crippen LogP contribution in [0, 0.1) is 0 Å². The number of carbonyl (C=O) groups is 1. The molecule has 0 saturated carbocycles. The van der Waals surface area contributed by atoms with Crippen LogP contribution in [0.3, 0.4) is 0 Å². The van der Waals surface area contributed by atoms with Gasteiger partial charge in [-0.2, -0.15) is 0 Å². The highest BCUT2D eigenvalue weighted by atomic mass is 16.2. The van der Waals surface area contributed by atoms with Crippen LogP contribution in [0.25, 0.3) is 0 Å². The molecule has 1 unspecified atom stereocenters. The van der Waals surface area contributed by atoms with E-state index in [1.807, 2.05) is 11.8 Å². The van der Waals surface area contributed by atoms with Gasteiger partial charge in [0.15, 0.2) is 0 Å². The van der Waals surface area contributed by atoms with Crippen molar-refractivity contribution in [3.8, 4) is 0 Å². The van der Waals surface area contributed by atoms with E-state index >= 15 is 0 Å². The average molecular weight is 199 g/mol. The molecule has 82 valence electrons. The molecule has 0 bridgehead atoms. The Balaban J connectivity index is 2.41. The first-order valence-electron chi connectivity index (χ1n) is 5.34. The zero-order valence-electron chi connectivity index (χ0n) is 9.42. The lowest BCUT2D eigenvalue weighted by molar-refractivity contribution is 0.169. The lowest BCUT2D eigenvalue weighted by Crippen LogP contribution is -2.45. The molecule has 0 aromatic heterocycles. The molecule has 1 saturated heterocycles. The largest absolute Gasteiger partial charge is 0.331 e. The number of likely N-dealkylation sites (N-methyl/N-ethyl adjacent to an activating group) is 1. The van der Waals surface area contributed by atoms with Crippen molar-refractivity contribution in [3.05, 3.63) is 0 Å². The molecule has 1 heterocycles. The highest BCUT2D eigenvalue weighted by Crippen LogP contribution is 2.07. The van der Waals surface area contributed by atoms with Crippen LogP contribution in [-0.2, 0) is 0 Å². The molecule has 4 heteroatoms. The fourth-order valence-electron chi connectivity index (χ4n) is 1.80. The third-order valence-electron chi connectivity index (χ3n) is 2.64. The third-order valence-corrected chi connectivity index (χ3v) is 2.64. The molecule has 1 aliphatic heterocycles. The van der Waals surface area contributed by atoms with Crippen LogP contribution in [0.2, 0.25) is 0 Å². The second-order valence-electron chi connectivity index (χ2n) is 4.01. The summed E-state index contributed by atoms with van der Waals surface area (Å²) in [6.07, 6.45) is 2.43. The van der Waals surface area contributed by atoms with Gasteiger partial charge in [-0.25, -0.2) is 4.79 Å². The van der Waals surface area contributed by atoms with E-state index in [9.17, 15) is 4.79 Å². The topological polar surface area (TPSA) is 35.6 Å². The van der Waals surface area contributed by atoms with Gasteiger partial charge in [0.1, 0.15) is 0 Å². The first-order chi connectivity index (χ1) is 6.65. The minimum absolute atomic E-state index is 0.112. The molecule has 1 N–H and O–H groups in total. The Morgan fingerprint density at radius 2 is 2.21 bits per heavy atom. The number of urea groups is 1. The second-order valence-corrected chi connectivity index (χ2v) is 4.01. The van der Waals surface area contributed by atoms with Crippen molar-refractivity contribution < 1.29 is 4.79 Å². The summed E-state index contributed by atoms with van der Waals surface area (Å²) in [7, 11) is 3.60. The van der Waals surface area contributed by atoms with Crippen LogP contribution in [0.5, 0.6) is 0 Å². The van der Waals surface area contributed by atoms with E-state index in [2.05, 4.69) is 5.32 Å². The summed E-state index contributed by atoms with van der Waals surface area (Å²) < 4.78 is 0. The van der Waals surface area contributed by atoms with Crippen LogP contribution in [-0.4, -0.2) is 55.6 Å². The number of carbonyl (C=O) groups excluding carboxylic acids is 1. The molecule has 1 fully saturated rings. The Morgan fingerprint density at radius 3 is 2.64 bits per heavy atom. The van der Waals surface area contributed by atoms with Crippen LogP contribution in [0.1, 0.15) is 19.8 Å². The molecule has 1 aliphatic rings. The first-order valence-corrected chi connectivity index (χ1v) is 5.34. The molecule has 4 nitrogen and oxygen atoms in total. The molecule has 0 aliphatic carbocycles. The highest BCUT2D eigenvalue weighted by molar-refractivity contribution is 5.73. The van der Waals surface area contributed by atoms with Crippen LogP contribution >= 0.6 is 0 Å². The van der Waals surface area contributed by atoms with E-state index in [-0.39, 0.29) is 6.03 Å². The Hall–Kier alpha value is -0.770. The standard InChI is InChI=1S/C10H21N3O/c1-4-13(10(14)12(2)3)8-9-6-5-7-11-9/h9,11H,4-8H2,1-3H3. The van der Waals surface area contributed by atoms with Crippen LogP contribution in [0.4, 0.5) is 4.79 Å². The molecule has 0 radical (unpaired) electrons. The fraction of sp³-hybridized carbons (Fsp3) is 0.900. The van der Waals surface area contributed by atoms with Gasteiger partial charge in [-0.15, -0.1) is 0 Å². The molecular formula is C10H21N3O. The van der Waals surface area contributed by atoms with Crippen molar-refractivity contribution in [2.45, 2.75) is 25.8 Å². The van der Waals surface area contributed by atoms with Crippen molar-refractivity contribution in [1.29, 1.82) is 0 Å². The van der Waals surface area contributed by atoms with E-state index in [1.165, 1.54) is 12.8 Å². The predicted octanol–water partition coefficient (Wildman–Crippen LogP) is 0.742. The van der Waals surface area contributed by atoms with Gasteiger partial charge in [-0.1, -0.05) is 0 Å². The van der Waals surface area contributed by atoms with Crippen molar-refractivity contribution in [2.75, 3.05) is 33.7 Å². The quantitative estimate of drug-likeness (QED) is 0.727. The van der Waals surface area contributed by atoms with Crippen molar-refractivity contribution in [3.63, 3.8) is 0 Å². The van der Waals surface area contributed by atoms with Gasteiger partial charge in [0, 0.05) is 33.2 Å². The summed E-state index contributed by atoms with van der Waals surface area (Å²) in [6, 6.07) is 0.611. The van der Waals surface area contributed by atoms with Gasteiger partial charge < -0.3 is 15.1 Å². The van der Waals surface area contributed by atoms with Crippen molar-refractivity contribution in [2.24, 2.45) is 0 Å². The Morgan fingerprint density at radius 1 is 1.50 bits per heavy atom. The minimum Gasteiger partial charge on any atom is -0.331 e. The molecule has 2 amide bonds. The monoisotopic (exact) mass is 199 g/mol. The number of nitrogens with zero attached hydrogens (tertiary/aromatic N) is 2. The molecule has 0 aromatic rings. The lowest BCUT2D eigenvalue weighted by atomic mass is 10.2. The zero-order chi connectivity index (χ0) is 10.6. The minimum atomic E-state index is 0.112. The summed E-state index contributed by atoms with van der Waals surface area (Å²) in [5.74, 6) is 0. The summed E-state index contributed by atoms with van der Waals surface area (Å²) in [6.45, 7) is 4.75.